The van der Waals surface area contributed by atoms with Crippen LogP contribution in [0.1, 0.15) is 20.3 Å². The Morgan fingerprint density at radius 2 is 2.31 bits per heavy atom. The fourth-order valence-electron chi connectivity index (χ4n) is 1.50. The zero-order valence-electron chi connectivity index (χ0n) is 8.12. The highest BCUT2D eigenvalue weighted by Crippen LogP contribution is 2.24. The summed E-state index contributed by atoms with van der Waals surface area (Å²) in [5, 5.41) is 0. The van der Waals surface area contributed by atoms with Gasteiger partial charge in [0.1, 0.15) is 0 Å². The van der Waals surface area contributed by atoms with E-state index < -0.39 is 0 Å². The molecule has 1 atom stereocenters. The number of nitrogens with zero attached hydrogens (tertiary/aromatic N) is 1. The average Bonchev–Trinajstić information content (AvgIpc) is 2.46. The topological polar surface area (TPSA) is 37.4 Å². The molecule has 1 saturated heterocycles. The summed E-state index contributed by atoms with van der Waals surface area (Å²) in [5.41, 5.74) is 0. The van der Waals surface area contributed by atoms with Crippen LogP contribution in [-0.4, -0.2) is 23.3 Å². The molecule has 2 amide bonds. The van der Waals surface area contributed by atoms with E-state index in [0.29, 0.717) is 24.8 Å². The molecule has 1 fully saturated rings. The molecule has 0 aromatic carbocycles. The summed E-state index contributed by atoms with van der Waals surface area (Å²) in [7, 11) is 0. The quantitative estimate of drug-likeness (QED) is 0.600. The Balaban J connectivity index is 2.66. The molecule has 1 unspecified atom stereocenters. The number of carbonyl (C=O) groups is 2. The molecule has 1 aliphatic rings. The number of amides is 2. The second-order valence-electron chi connectivity index (χ2n) is 3.75. The van der Waals surface area contributed by atoms with Crippen molar-refractivity contribution in [1.82, 2.24) is 4.90 Å². The van der Waals surface area contributed by atoms with Gasteiger partial charge in [0.25, 0.3) is 5.91 Å². The van der Waals surface area contributed by atoms with Crippen molar-refractivity contribution in [1.29, 1.82) is 0 Å². The van der Waals surface area contributed by atoms with Crippen LogP contribution in [0.25, 0.3) is 0 Å². The van der Waals surface area contributed by atoms with E-state index in [9.17, 15) is 9.59 Å². The molecule has 1 rings (SSSR count). The zero-order valence-corrected chi connectivity index (χ0v) is 8.12. The van der Waals surface area contributed by atoms with E-state index >= 15 is 0 Å². The summed E-state index contributed by atoms with van der Waals surface area (Å²) in [6.45, 7) is 8.06. The number of hydrogen-bond acceptors (Lipinski definition) is 2. The molecular formula is C10H15NO2. The molecule has 0 bridgehead atoms. The summed E-state index contributed by atoms with van der Waals surface area (Å²) in [6, 6.07) is 0. The highest BCUT2D eigenvalue weighted by Gasteiger charge is 2.33. The van der Waals surface area contributed by atoms with Crippen LogP contribution < -0.4 is 0 Å². The van der Waals surface area contributed by atoms with Crippen molar-refractivity contribution >= 4 is 11.8 Å². The number of imide groups is 1. The summed E-state index contributed by atoms with van der Waals surface area (Å²) < 4.78 is 0. The van der Waals surface area contributed by atoms with Crippen molar-refractivity contribution < 1.29 is 9.59 Å². The van der Waals surface area contributed by atoms with Gasteiger partial charge in [-0.05, 0) is 17.9 Å². The van der Waals surface area contributed by atoms with E-state index in [4.69, 9.17) is 0 Å². The molecule has 0 aliphatic carbocycles. The molecule has 1 aliphatic heterocycles. The van der Waals surface area contributed by atoms with Gasteiger partial charge in [0, 0.05) is 13.0 Å². The minimum Gasteiger partial charge on any atom is -0.279 e. The first-order valence-corrected chi connectivity index (χ1v) is 4.53. The smallest absolute Gasteiger partial charge is 0.252 e. The molecule has 0 saturated carbocycles. The number of carbonyl (C=O) groups excluding carboxylic acids is 2. The molecule has 0 N–H and O–H groups in total. The van der Waals surface area contributed by atoms with Gasteiger partial charge < -0.3 is 0 Å². The molecule has 1 heterocycles. The summed E-state index contributed by atoms with van der Waals surface area (Å²) in [5.74, 6) is 0.430. The van der Waals surface area contributed by atoms with Crippen LogP contribution >= 0.6 is 0 Å². The van der Waals surface area contributed by atoms with Crippen molar-refractivity contribution in [2.45, 2.75) is 20.3 Å². The predicted molar refractivity (Wildman–Crippen MR) is 49.9 cm³/mol. The van der Waals surface area contributed by atoms with E-state index in [0.717, 1.165) is 0 Å². The Kier molecular flexibility index (Phi) is 2.86. The summed E-state index contributed by atoms with van der Waals surface area (Å²) >= 11 is 0. The van der Waals surface area contributed by atoms with E-state index in [-0.39, 0.29) is 11.8 Å². The molecule has 0 aromatic rings. The highest BCUT2D eigenvalue weighted by atomic mass is 16.2. The molecule has 13 heavy (non-hydrogen) atoms. The standard InChI is InChI=1S/C10H15NO2/c1-4-9(12)11-6-8(7(2)3)5-10(11)13/h4,7-8H,1,5-6H2,2-3H3. The Morgan fingerprint density at radius 3 is 2.69 bits per heavy atom. The third-order valence-corrected chi connectivity index (χ3v) is 2.54. The number of likely N-dealkylation sites (tertiary alicyclic amines) is 1. The van der Waals surface area contributed by atoms with E-state index in [2.05, 4.69) is 20.4 Å². The van der Waals surface area contributed by atoms with Crippen LogP contribution in [0, 0.1) is 11.8 Å². The monoisotopic (exact) mass is 181 g/mol. The minimum absolute atomic E-state index is 0.0661. The largest absolute Gasteiger partial charge is 0.279 e. The third kappa shape index (κ3) is 1.97. The molecule has 72 valence electrons. The average molecular weight is 181 g/mol. The fraction of sp³-hybridized carbons (Fsp3) is 0.600. The normalized spacial score (nSPS) is 22.5. The van der Waals surface area contributed by atoms with Crippen LogP contribution in [0.5, 0.6) is 0 Å². The van der Waals surface area contributed by atoms with Crippen molar-refractivity contribution in [2.75, 3.05) is 6.54 Å². The Bertz CT molecular complexity index is 245. The van der Waals surface area contributed by atoms with Gasteiger partial charge in [0.15, 0.2) is 0 Å². The van der Waals surface area contributed by atoms with Crippen molar-refractivity contribution in [3.63, 3.8) is 0 Å². The van der Waals surface area contributed by atoms with Crippen LogP contribution in [0.3, 0.4) is 0 Å². The van der Waals surface area contributed by atoms with Crippen LogP contribution in [-0.2, 0) is 9.59 Å². The third-order valence-electron chi connectivity index (χ3n) is 2.54. The molecule has 3 heteroatoms. The first kappa shape index (κ1) is 9.96. The first-order chi connectivity index (χ1) is 6.06. The van der Waals surface area contributed by atoms with Crippen molar-refractivity contribution in [2.24, 2.45) is 11.8 Å². The lowest BCUT2D eigenvalue weighted by Crippen LogP contribution is -2.31. The zero-order chi connectivity index (χ0) is 10.0. The number of hydrogen-bond donors (Lipinski definition) is 0. The summed E-state index contributed by atoms with van der Waals surface area (Å²) in [4.78, 5) is 23.8. The molecule has 0 radical (unpaired) electrons. The first-order valence-electron chi connectivity index (χ1n) is 4.53. The van der Waals surface area contributed by atoms with E-state index in [1.54, 1.807) is 0 Å². The SMILES string of the molecule is C=CC(=O)N1CC(C(C)C)CC1=O. The molecule has 3 nitrogen and oxygen atoms in total. The van der Waals surface area contributed by atoms with E-state index in [1.807, 2.05) is 0 Å². The number of rotatable bonds is 2. The second kappa shape index (κ2) is 3.73. The minimum atomic E-state index is -0.270. The maximum absolute atomic E-state index is 11.3. The molecule has 0 spiro atoms. The van der Waals surface area contributed by atoms with Gasteiger partial charge in [0.05, 0.1) is 0 Å². The van der Waals surface area contributed by atoms with Crippen LogP contribution in [0.4, 0.5) is 0 Å². The van der Waals surface area contributed by atoms with Gasteiger partial charge in [-0.2, -0.15) is 0 Å². The van der Waals surface area contributed by atoms with Gasteiger partial charge in [-0.15, -0.1) is 0 Å². The Labute approximate surface area is 78.4 Å². The van der Waals surface area contributed by atoms with Gasteiger partial charge in [-0.1, -0.05) is 20.4 Å². The lowest BCUT2D eigenvalue weighted by molar-refractivity contribution is -0.138. The molecule has 0 aromatic heterocycles. The van der Waals surface area contributed by atoms with Crippen LogP contribution in [0.15, 0.2) is 12.7 Å². The van der Waals surface area contributed by atoms with Crippen molar-refractivity contribution in [3.05, 3.63) is 12.7 Å². The maximum Gasteiger partial charge on any atom is 0.252 e. The molecular weight excluding hydrogens is 166 g/mol. The fourth-order valence-corrected chi connectivity index (χ4v) is 1.50. The van der Waals surface area contributed by atoms with E-state index in [1.165, 1.54) is 11.0 Å². The Hall–Kier alpha value is -1.12. The maximum atomic E-state index is 11.3. The van der Waals surface area contributed by atoms with Gasteiger partial charge in [0.2, 0.25) is 5.91 Å². The second-order valence-corrected chi connectivity index (χ2v) is 3.75. The predicted octanol–water partition coefficient (Wildman–Crippen LogP) is 1.20. The van der Waals surface area contributed by atoms with Gasteiger partial charge in [-0.25, -0.2) is 0 Å². The lowest BCUT2D eigenvalue weighted by atomic mass is 9.95. The summed E-state index contributed by atoms with van der Waals surface area (Å²) in [6.07, 6.45) is 1.69. The van der Waals surface area contributed by atoms with Gasteiger partial charge in [-0.3, -0.25) is 14.5 Å². The van der Waals surface area contributed by atoms with Crippen LogP contribution in [0.2, 0.25) is 0 Å². The lowest BCUT2D eigenvalue weighted by Gasteiger charge is -2.14. The van der Waals surface area contributed by atoms with Crippen molar-refractivity contribution in [3.8, 4) is 0 Å². The Morgan fingerprint density at radius 1 is 1.69 bits per heavy atom. The highest BCUT2D eigenvalue weighted by molar-refractivity contribution is 6.01. The van der Waals surface area contributed by atoms with Gasteiger partial charge >= 0.3 is 0 Å².